The Labute approximate surface area is 214 Å². The first-order valence-corrected chi connectivity index (χ1v) is 11.7. The van der Waals surface area contributed by atoms with Gasteiger partial charge in [-0.2, -0.15) is 5.10 Å². The number of nitrogens with one attached hydrogen (secondary N) is 1. The number of benzene rings is 2. The molecular formula is C24H24F3N7O4. The van der Waals surface area contributed by atoms with E-state index in [0.29, 0.717) is 40.6 Å². The number of carboxylic acids is 1. The van der Waals surface area contributed by atoms with Gasteiger partial charge in [0.1, 0.15) is 5.52 Å². The highest BCUT2D eigenvalue weighted by molar-refractivity contribution is 6.10. The van der Waals surface area contributed by atoms with Crippen LogP contribution in [-0.4, -0.2) is 87.0 Å². The van der Waals surface area contributed by atoms with Crippen molar-refractivity contribution in [2.75, 3.05) is 50.1 Å². The third-order valence-electron chi connectivity index (χ3n) is 6.28. The predicted octanol–water partition coefficient (Wildman–Crippen LogP) is 3.06. The molecule has 1 aliphatic rings. The lowest BCUT2D eigenvalue weighted by atomic mass is 10.1. The molecular weight excluding hydrogens is 507 g/mol. The monoisotopic (exact) mass is 531 g/mol. The van der Waals surface area contributed by atoms with Gasteiger partial charge in [0.2, 0.25) is 5.95 Å². The SMILES string of the molecule is CN1CCN(c2ccc(OC(F)(F)F)c(Nc3ncc4ccc5c(C(=O)O)nn(CCO)c5c4n3)c2)CC1. The van der Waals surface area contributed by atoms with E-state index in [1.54, 1.807) is 24.3 Å². The second kappa shape index (κ2) is 9.95. The molecule has 1 fully saturated rings. The van der Waals surface area contributed by atoms with Gasteiger partial charge in [-0.25, -0.2) is 14.8 Å². The van der Waals surface area contributed by atoms with Crippen LogP contribution in [0.25, 0.3) is 21.8 Å². The van der Waals surface area contributed by atoms with E-state index in [-0.39, 0.29) is 30.5 Å². The zero-order valence-corrected chi connectivity index (χ0v) is 20.2. The van der Waals surface area contributed by atoms with Gasteiger partial charge in [-0.3, -0.25) is 4.68 Å². The number of anilines is 3. The summed E-state index contributed by atoms with van der Waals surface area (Å²) < 4.78 is 45.0. The maximum absolute atomic E-state index is 13.2. The summed E-state index contributed by atoms with van der Waals surface area (Å²) >= 11 is 0. The van der Waals surface area contributed by atoms with Crippen LogP contribution in [0.1, 0.15) is 10.5 Å². The van der Waals surface area contributed by atoms with Crippen LogP contribution in [-0.2, 0) is 6.54 Å². The highest BCUT2D eigenvalue weighted by atomic mass is 19.4. The summed E-state index contributed by atoms with van der Waals surface area (Å²) in [5, 5.41) is 26.8. The number of aromatic carboxylic acids is 1. The third-order valence-corrected chi connectivity index (χ3v) is 6.28. The summed E-state index contributed by atoms with van der Waals surface area (Å²) in [7, 11) is 2.00. The number of ether oxygens (including phenoxy) is 1. The number of aliphatic hydroxyl groups excluding tert-OH is 1. The second-order valence-corrected chi connectivity index (χ2v) is 8.84. The van der Waals surface area contributed by atoms with E-state index in [1.807, 2.05) is 7.05 Å². The Morgan fingerprint density at radius 1 is 1.16 bits per heavy atom. The van der Waals surface area contributed by atoms with Crippen LogP contribution in [0.15, 0.2) is 36.5 Å². The Hall–Kier alpha value is -4.17. The summed E-state index contributed by atoms with van der Waals surface area (Å²) in [6.45, 7) is 2.77. The molecule has 3 N–H and O–H groups in total. The average Bonchev–Trinajstić information content (AvgIpc) is 3.24. The van der Waals surface area contributed by atoms with Crippen LogP contribution in [0.3, 0.4) is 0 Å². The number of carboxylic acid groups (broad SMARTS) is 1. The third kappa shape index (κ3) is 5.13. The van der Waals surface area contributed by atoms with Crippen LogP contribution in [0, 0.1) is 0 Å². The first-order chi connectivity index (χ1) is 18.1. The number of hydrogen-bond acceptors (Lipinski definition) is 9. The summed E-state index contributed by atoms with van der Waals surface area (Å²) in [6, 6.07) is 7.58. The topological polar surface area (TPSA) is 129 Å². The van der Waals surface area contributed by atoms with E-state index in [9.17, 15) is 28.2 Å². The standard InChI is InChI=1S/C24H24F3N7O4/c1-32-6-8-33(9-7-32)15-3-5-18(38-24(25,26)27)17(12-15)29-23-28-13-14-2-4-16-20(22(36)37)31-34(10-11-35)21(16)19(14)30-23/h2-5,12-13,35H,6-11H2,1H3,(H,36,37)(H,28,29,30). The highest BCUT2D eigenvalue weighted by Crippen LogP contribution is 2.36. The molecule has 38 heavy (non-hydrogen) atoms. The van der Waals surface area contributed by atoms with Crippen LogP contribution >= 0.6 is 0 Å². The number of hydrogen-bond donors (Lipinski definition) is 3. The fourth-order valence-corrected chi connectivity index (χ4v) is 4.45. The molecule has 0 atom stereocenters. The minimum absolute atomic E-state index is 0.0142. The van der Waals surface area contributed by atoms with Crippen LogP contribution in [0.4, 0.5) is 30.5 Å². The van der Waals surface area contributed by atoms with Crippen molar-refractivity contribution in [2.24, 2.45) is 0 Å². The minimum atomic E-state index is -4.91. The largest absolute Gasteiger partial charge is 0.573 e. The van der Waals surface area contributed by atoms with Gasteiger partial charge in [-0.1, -0.05) is 6.07 Å². The van der Waals surface area contributed by atoms with Gasteiger partial charge in [0.25, 0.3) is 0 Å². The molecule has 11 nitrogen and oxygen atoms in total. The van der Waals surface area contributed by atoms with Gasteiger partial charge in [-0.15, -0.1) is 13.2 Å². The molecule has 1 aliphatic heterocycles. The van der Waals surface area contributed by atoms with Gasteiger partial charge in [0.05, 0.1) is 24.4 Å². The molecule has 0 saturated carbocycles. The van der Waals surface area contributed by atoms with E-state index in [2.05, 4.69) is 34.9 Å². The van der Waals surface area contributed by atoms with Crippen molar-refractivity contribution in [1.29, 1.82) is 0 Å². The normalized spacial score (nSPS) is 14.8. The first kappa shape index (κ1) is 25.5. The van der Waals surface area contributed by atoms with E-state index >= 15 is 0 Å². The molecule has 2 aromatic carbocycles. The molecule has 1 saturated heterocycles. The number of aliphatic hydroxyl groups is 1. The number of rotatable bonds is 7. The molecule has 200 valence electrons. The Balaban J connectivity index is 1.58. The molecule has 4 aromatic rings. The van der Waals surface area contributed by atoms with Crippen LogP contribution < -0.4 is 15.0 Å². The maximum Gasteiger partial charge on any atom is 0.573 e. The lowest BCUT2D eigenvalue weighted by Crippen LogP contribution is -2.44. The Bertz CT molecular complexity index is 1500. The summed E-state index contributed by atoms with van der Waals surface area (Å²) in [5.74, 6) is -1.72. The van der Waals surface area contributed by atoms with Gasteiger partial charge < -0.3 is 30.1 Å². The molecule has 0 amide bonds. The zero-order chi connectivity index (χ0) is 27.0. The fraction of sp³-hybridized carbons (Fsp3) is 0.333. The van der Waals surface area contributed by atoms with E-state index in [0.717, 1.165) is 13.1 Å². The summed E-state index contributed by atoms with van der Waals surface area (Å²) in [6.07, 6.45) is -3.44. The second-order valence-electron chi connectivity index (χ2n) is 8.84. The van der Waals surface area contributed by atoms with E-state index < -0.39 is 18.1 Å². The van der Waals surface area contributed by atoms with Crippen molar-refractivity contribution >= 4 is 45.1 Å². The number of alkyl halides is 3. The lowest BCUT2D eigenvalue weighted by molar-refractivity contribution is -0.274. The maximum atomic E-state index is 13.2. The molecule has 5 rings (SSSR count). The lowest BCUT2D eigenvalue weighted by Gasteiger charge is -2.34. The number of fused-ring (bicyclic) bond motifs is 3. The minimum Gasteiger partial charge on any atom is -0.476 e. The van der Waals surface area contributed by atoms with Crippen molar-refractivity contribution < 1.29 is 32.9 Å². The van der Waals surface area contributed by atoms with Gasteiger partial charge in [-0.05, 0) is 31.3 Å². The molecule has 0 bridgehead atoms. The Morgan fingerprint density at radius 2 is 1.92 bits per heavy atom. The predicted molar refractivity (Wildman–Crippen MR) is 133 cm³/mol. The van der Waals surface area contributed by atoms with Gasteiger partial charge in [0.15, 0.2) is 11.4 Å². The number of nitrogens with zero attached hydrogens (tertiary/aromatic N) is 6. The van der Waals surface area contributed by atoms with Crippen LogP contribution in [0.5, 0.6) is 5.75 Å². The Kier molecular flexibility index (Phi) is 6.67. The van der Waals surface area contributed by atoms with Crippen molar-refractivity contribution in [3.05, 3.63) is 42.2 Å². The van der Waals surface area contributed by atoms with Crippen molar-refractivity contribution in [3.8, 4) is 5.75 Å². The van der Waals surface area contributed by atoms with Crippen molar-refractivity contribution in [1.82, 2.24) is 24.6 Å². The first-order valence-electron chi connectivity index (χ1n) is 11.7. The number of aromatic nitrogens is 4. The van der Waals surface area contributed by atoms with Crippen molar-refractivity contribution in [3.63, 3.8) is 0 Å². The van der Waals surface area contributed by atoms with Gasteiger partial charge in [0, 0.05) is 48.8 Å². The number of piperazine rings is 1. The Morgan fingerprint density at radius 3 is 2.61 bits per heavy atom. The zero-order valence-electron chi connectivity index (χ0n) is 20.2. The number of halogens is 3. The number of likely N-dealkylation sites (N-methyl/N-ethyl adjacent to an activating group) is 1. The van der Waals surface area contributed by atoms with E-state index in [4.69, 9.17) is 0 Å². The highest BCUT2D eigenvalue weighted by Gasteiger charge is 2.32. The fourth-order valence-electron chi connectivity index (χ4n) is 4.45. The molecule has 3 heterocycles. The summed E-state index contributed by atoms with van der Waals surface area (Å²) in [5.41, 5.74) is 1.20. The number of carbonyl (C=O) groups is 1. The van der Waals surface area contributed by atoms with Gasteiger partial charge >= 0.3 is 12.3 Å². The smallest absolute Gasteiger partial charge is 0.476 e. The molecule has 14 heteroatoms. The quantitative estimate of drug-likeness (QED) is 0.327. The summed E-state index contributed by atoms with van der Waals surface area (Å²) in [4.78, 5) is 24.7. The average molecular weight is 531 g/mol. The van der Waals surface area contributed by atoms with Crippen LogP contribution in [0.2, 0.25) is 0 Å². The molecule has 0 spiro atoms. The molecule has 0 aliphatic carbocycles. The molecule has 0 unspecified atom stereocenters. The molecule has 2 aromatic heterocycles. The van der Waals surface area contributed by atoms with E-state index in [1.165, 1.54) is 16.9 Å². The molecule has 0 radical (unpaired) electrons. The van der Waals surface area contributed by atoms with Crippen molar-refractivity contribution in [2.45, 2.75) is 12.9 Å².